The first kappa shape index (κ1) is 16.8. The first-order valence-electron chi connectivity index (χ1n) is 8.00. The largest absolute Gasteiger partial charge is 0.381 e. The zero-order valence-corrected chi connectivity index (χ0v) is 14.3. The molecule has 0 aromatic heterocycles. The van der Waals surface area contributed by atoms with E-state index in [0.717, 1.165) is 13.1 Å². The van der Waals surface area contributed by atoms with Crippen molar-refractivity contribution < 1.29 is 17.5 Å². The number of likely N-dealkylation sites (N-methyl/N-ethyl adjacent to an activating group) is 1. The average molecular weight is 342 g/mol. The van der Waals surface area contributed by atoms with Gasteiger partial charge in [0.15, 0.2) is 0 Å². The van der Waals surface area contributed by atoms with E-state index in [9.17, 15) is 12.8 Å². The fourth-order valence-corrected chi connectivity index (χ4v) is 5.57. The number of fused-ring (bicyclic) bond motifs is 1. The van der Waals surface area contributed by atoms with Crippen LogP contribution in [0.5, 0.6) is 0 Å². The number of likely N-dealkylation sites (tertiary alicyclic amines) is 1. The molecule has 0 spiro atoms. The van der Waals surface area contributed by atoms with Crippen LogP contribution in [0.4, 0.5) is 4.39 Å². The van der Waals surface area contributed by atoms with Crippen molar-refractivity contribution in [2.24, 2.45) is 5.92 Å². The predicted octanol–water partition coefficient (Wildman–Crippen LogP) is 1.56. The highest BCUT2D eigenvalue weighted by molar-refractivity contribution is 7.89. The minimum absolute atomic E-state index is 0.0589. The van der Waals surface area contributed by atoms with Crippen molar-refractivity contribution in [3.05, 3.63) is 30.1 Å². The Morgan fingerprint density at radius 2 is 2.04 bits per heavy atom. The topological polar surface area (TPSA) is 49.9 Å². The van der Waals surface area contributed by atoms with E-state index in [-0.39, 0.29) is 23.0 Å². The van der Waals surface area contributed by atoms with Crippen molar-refractivity contribution in [3.63, 3.8) is 0 Å². The SMILES string of the molecule is CCN1C[C@@H]2[C@@H](OC)CCN(S(=O)(=O)c3ccccc3F)[C@@H]2C1. The number of hydrogen-bond donors (Lipinski definition) is 0. The Balaban J connectivity index is 1.95. The third-order valence-corrected chi connectivity index (χ3v) is 7.02. The third kappa shape index (κ3) is 2.91. The highest BCUT2D eigenvalue weighted by Crippen LogP contribution is 2.36. The van der Waals surface area contributed by atoms with E-state index in [1.807, 2.05) is 0 Å². The smallest absolute Gasteiger partial charge is 0.246 e. The number of methoxy groups -OCH3 is 1. The zero-order chi connectivity index (χ0) is 16.6. The number of hydrogen-bond acceptors (Lipinski definition) is 4. The summed E-state index contributed by atoms with van der Waals surface area (Å²) in [6, 6.07) is 5.44. The van der Waals surface area contributed by atoms with Crippen LogP contribution in [0.2, 0.25) is 0 Å². The first-order valence-corrected chi connectivity index (χ1v) is 9.44. The van der Waals surface area contributed by atoms with Crippen LogP contribution in [-0.2, 0) is 14.8 Å². The normalized spacial score (nSPS) is 29.6. The Morgan fingerprint density at radius 3 is 2.70 bits per heavy atom. The lowest BCUT2D eigenvalue weighted by atomic mass is 9.91. The molecule has 0 unspecified atom stereocenters. The van der Waals surface area contributed by atoms with Gasteiger partial charge in [-0.25, -0.2) is 12.8 Å². The number of halogens is 1. The van der Waals surface area contributed by atoms with E-state index in [1.54, 1.807) is 13.2 Å². The molecule has 3 atom stereocenters. The van der Waals surface area contributed by atoms with Crippen LogP contribution in [0.15, 0.2) is 29.2 Å². The molecule has 2 aliphatic rings. The zero-order valence-electron chi connectivity index (χ0n) is 13.5. The summed E-state index contributed by atoms with van der Waals surface area (Å²) in [4.78, 5) is 2.00. The van der Waals surface area contributed by atoms with Crippen LogP contribution in [0, 0.1) is 11.7 Å². The quantitative estimate of drug-likeness (QED) is 0.833. The molecule has 23 heavy (non-hydrogen) atoms. The lowest BCUT2D eigenvalue weighted by Gasteiger charge is -2.40. The van der Waals surface area contributed by atoms with Gasteiger partial charge in [0.1, 0.15) is 10.7 Å². The molecule has 0 saturated carbocycles. The van der Waals surface area contributed by atoms with Crippen LogP contribution >= 0.6 is 0 Å². The van der Waals surface area contributed by atoms with Crippen LogP contribution in [-0.4, -0.2) is 63.1 Å². The molecule has 0 radical (unpaired) electrons. The number of benzene rings is 1. The maximum atomic E-state index is 14.0. The molecule has 128 valence electrons. The van der Waals surface area contributed by atoms with Gasteiger partial charge in [0.2, 0.25) is 10.0 Å². The summed E-state index contributed by atoms with van der Waals surface area (Å²) in [6.07, 6.45) is 0.701. The Bertz CT molecular complexity index is 667. The lowest BCUT2D eigenvalue weighted by Crippen LogP contribution is -2.53. The summed E-state index contributed by atoms with van der Waals surface area (Å²) in [5.74, 6) is -0.557. The second-order valence-corrected chi connectivity index (χ2v) is 8.05. The molecule has 1 aromatic rings. The van der Waals surface area contributed by atoms with Crippen molar-refractivity contribution >= 4 is 10.0 Å². The molecule has 2 heterocycles. The first-order chi connectivity index (χ1) is 11.0. The van der Waals surface area contributed by atoms with E-state index in [4.69, 9.17) is 4.74 Å². The predicted molar refractivity (Wildman–Crippen MR) is 85.1 cm³/mol. The summed E-state index contributed by atoms with van der Waals surface area (Å²) in [5, 5.41) is 0. The molecule has 0 aliphatic carbocycles. The molecule has 2 fully saturated rings. The van der Waals surface area contributed by atoms with Crippen LogP contribution in [0.3, 0.4) is 0 Å². The molecule has 7 heteroatoms. The summed E-state index contributed by atoms with van der Waals surface area (Å²) in [7, 11) is -2.16. The van der Waals surface area contributed by atoms with E-state index >= 15 is 0 Å². The maximum absolute atomic E-state index is 14.0. The molecular weight excluding hydrogens is 319 g/mol. The Kier molecular flexibility index (Phi) is 4.73. The fourth-order valence-electron chi connectivity index (χ4n) is 3.83. The van der Waals surface area contributed by atoms with Gasteiger partial charge in [-0.1, -0.05) is 19.1 Å². The van der Waals surface area contributed by atoms with Crippen molar-refractivity contribution in [2.45, 2.75) is 30.4 Å². The van der Waals surface area contributed by atoms with Gasteiger partial charge >= 0.3 is 0 Å². The second kappa shape index (κ2) is 6.47. The van der Waals surface area contributed by atoms with E-state index in [0.29, 0.717) is 19.5 Å². The molecule has 0 amide bonds. The molecule has 1 aromatic carbocycles. The highest BCUT2D eigenvalue weighted by Gasteiger charge is 2.48. The third-order valence-electron chi connectivity index (χ3n) is 5.06. The highest BCUT2D eigenvalue weighted by atomic mass is 32.2. The lowest BCUT2D eigenvalue weighted by molar-refractivity contribution is 0.00235. The summed E-state index contributed by atoms with van der Waals surface area (Å²) < 4.78 is 47.0. The van der Waals surface area contributed by atoms with Gasteiger partial charge in [0.05, 0.1) is 6.10 Å². The van der Waals surface area contributed by atoms with Gasteiger partial charge in [0, 0.05) is 38.7 Å². The van der Waals surface area contributed by atoms with E-state index < -0.39 is 15.8 Å². The second-order valence-electron chi connectivity index (χ2n) is 6.19. The summed E-state index contributed by atoms with van der Waals surface area (Å²) in [5.41, 5.74) is 0. The van der Waals surface area contributed by atoms with Crippen molar-refractivity contribution in [2.75, 3.05) is 33.3 Å². The Hall–Kier alpha value is -1.02. The Labute approximate surface area is 137 Å². The molecule has 0 N–H and O–H groups in total. The van der Waals surface area contributed by atoms with Gasteiger partial charge in [0.25, 0.3) is 0 Å². The van der Waals surface area contributed by atoms with Crippen molar-refractivity contribution in [1.82, 2.24) is 9.21 Å². The molecular formula is C16H23FN2O3S. The summed E-state index contributed by atoms with van der Waals surface area (Å²) in [6.45, 7) is 4.80. The maximum Gasteiger partial charge on any atom is 0.246 e. The van der Waals surface area contributed by atoms with Crippen LogP contribution in [0.1, 0.15) is 13.3 Å². The minimum atomic E-state index is -3.83. The van der Waals surface area contributed by atoms with E-state index in [1.165, 1.54) is 22.5 Å². The number of piperidine rings is 1. The van der Waals surface area contributed by atoms with Gasteiger partial charge in [-0.15, -0.1) is 0 Å². The molecule has 3 rings (SSSR count). The average Bonchev–Trinajstić information content (AvgIpc) is 2.98. The summed E-state index contributed by atoms with van der Waals surface area (Å²) >= 11 is 0. The monoisotopic (exact) mass is 342 g/mol. The molecule has 2 aliphatic heterocycles. The van der Waals surface area contributed by atoms with Gasteiger partial charge < -0.3 is 9.64 Å². The standard InChI is InChI=1S/C16H23FN2O3S/c1-3-18-10-12-14(11-18)19(9-8-15(12)22-2)23(20,21)16-7-5-4-6-13(16)17/h4-7,12,14-15H,3,8-11H2,1-2H3/t12-,14+,15-/m0/s1. The van der Waals surface area contributed by atoms with E-state index in [2.05, 4.69) is 11.8 Å². The van der Waals surface area contributed by atoms with Gasteiger partial charge in [-0.3, -0.25) is 0 Å². The molecule has 2 saturated heterocycles. The molecule has 0 bridgehead atoms. The number of nitrogens with zero attached hydrogens (tertiary/aromatic N) is 2. The number of sulfonamides is 1. The van der Waals surface area contributed by atoms with Gasteiger partial charge in [-0.2, -0.15) is 4.31 Å². The number of ether oxygens (including phenoxy) is 1. The minimum Gasteiger partial charge on any atom is -0.381 e. The van der Waals surface area contributed by atoms with Crippen LogP contribution in [0.25, 0.3) is 0 Å². The van der Waals surface area contributed by atoms with Gasteiger partial charge in [-0.05, 0) is 25.1 Å². The van der Waals surface area contributed by atoms with Crippen molar-refractivity contribution in [3.8, 4) is 0 Å². The molecule has 5 nitrogen and oxygen atoms in total. The fraction of sp³-hybridized carbons (Fsp3) is 0.625. The van der Waals surface area contributed by atoms with Crippen molar-refractivity contribution in [1.29, 1.82) is 0 Å². The number of rotatable bonds is 4. The Morgan fingerprint density at radius 1 is 1.30 bits per heavy atom. The van der Waals surface area contributed by atoms with Crippen LogP contribution < -0.4 is 0 Å².